The van der Waals surface area contributed by atoms with E-state index in [0.717, 1.165) is 6.42 Å². The number of nitrogens with two attached hydrogens (primary N) is 1. The van der Waals surface area contributed by atoms with Gasteiger partial charge in [0.15, 0.2) is 0 Å². The molecule has 2 heterocycles. The Morgan fingerprint density at radius 1 is 1.35 bits per heavy atom. The largest absolute Gasteiger partial charge is 0.481 e. The highest BCUT2D eigenvalue weighted by atomic mass is 16.6. The van der Waals surface area contributed by atoms with Crippen LogP contribution < -0.4 is 5.73 Å². The van der Waals surface area contributed by atoms with E-state index in [0.29, 0.717) is 18.4 Å². The fourth-order valence-electron chi connectivity index (χ4n) is 2.42. The fourth-order valence-corrected chi connectivity index (χ4v) is 2.42. The first kappa shape index (κ1) is 17.0. The molecule has 2 unspecified atom stereocenters. The topological polar surface area (TPSA) is 119 Å². The number of rotatable bonds is 7. The number of hydrogen-bond donors (Lipinski definition) is 2. The second-order valence-electron chi connectivity index (χ2n) is 5.42. The summed E-state index contributed by atoms with van der Waals surface area (Å²) in [6.45, 7) is 0.0961. The Balaban J connectivity index is 1.77. The first-order valence-electron chi connectivity index (χ1n) is 7.43. The van der Waals surface area contributed by atoms with Gasteiger partial charge in [0.2, 0.25) is 5.91 Å². The molecule has 2 rings (SSSR count). The molecule has 2 aliphatic rings. The zero-order valence-electron chi connectivity index (χ0n) is 12.6. The number of nitrogens with zero attached hydrogens (tertiary/aromatic N) is 1. The zero-order valence-corrected chi connectivity index (χ0v) is 12.6. The van der Waals surface area contributed by atoms with Gasteiger partial charge in [0.05, 0.1) is 18.9 Å². The van der Waals surface area contributed by atoms with Crippen molar-refractivity contribution >= 4 is 17.8 Å². The van der Waals surface area contributed by atoms with Gasteiger partial charge in [-0.15, -0.1) is 0 Å². The smallest absolute Gasteiger partial charge is 0.306 e. The number of allylic oxidation sites excluding steroid dienone is 1. The summed E-state index contributed by atoms with van der Waals surface area (Å²) in [5.41, 5.74) is 5.79. The highest BCUT2D eigenvalue weighted by Crippen LogP contribution is 2.26. The van der Waals surface area contributed by atoms with Crippen LogP contribution in [0.25, 0.3) is 0 Å². The summed E-state index contributed by atoms with van der Waals surface area (Å²) in [4.78, 5) is 34.8. The predicted octanol–water partition coefficient (Wildman–Crippen LogP) is 0.488. The summed E-state index contributed by atoms with van der Waals surface area (Å²) in [5, 5.41) is 8.50. The van der Waals surface area contributed by atoms with Crippen LogP contribution in [0.1, 0.15) is 32.1 Å². The number of carboxylic acid groups (broad SMARTS) is 1. The van der Waals surface area contributed by atoms with E-state index in [9.17, 15) is 14.4 Å². The third-order valence-electron chi connectivity index (χ3n) is 3.63. The summed E-state index contributed by atoms with van der Waals surface area (Å²) in [6, 6.07) is 0. The van der Waals surface area contributed by atoms with Gasteiger partial charge in [0.25, 0.3) is 0 Å². The van der Waals surface area contributed by atoms with Crippen LogP contribution in [-0.4, -0.2) is 46.8 Å². The van der Waals surface area contributed by atoms with E-state index in [-0.39, 0.29) is 31.8 Å². The Hall–Kier alpha value is -2.35. The molecule has 3 N–H and O–H groups in total. The summed E-state index contributed by atoms with van der Waals surface area (Å²) < 4.78 is 10.8. The van der Waals surface area contributed by atoms with Crippen LogP contribution in [0.5, 0.6) is 0 Å². The van der Waals surface area contributed by atoms with Crippen LogP contribution in [0.3, 0.4) is 0 Å². The summed E-state index contributed by atoms with van der Waals surface area (Å²) in [5.74, 6) is -2.04. The third-order valence-corrected chi connectivity index (χ3v) is 3.63. The predicted molar refractivity (Wildman–Crippen MR) is 78.6 cm³/mol. The van der Waals surface area contributed by atoms with Crippen LogP contribution in [0.15, 0.2) is 24.0 Å². The first-order chi connectivity index (χ1) is 11.0. The van der Waals surface area contributed by atoms with Crippen LogP contribution in [0.4, 0.5) is 0 Å². The molecular weight excluding hydrogens is 304 g/mol. The normalized spacial score (nSPS) is 23.5. The highest BCUT2D eigenvalue weighted by Gasteiger charge is 2.30. The molecule has 0 radical (unpaired) electrons. The summed E-state index contributed by atoms with van der Waals surface area (Å²) in [7, 11) is 0. The number of hydrogen-bond acceptors (Lipinski definition) is 6. The number of ether oxygens (including phenoxy) is 2. The third kappa shape index (κ3) is 5.10. The molecule has 2 aliphatic heterocycles. The van der Waals surface area contributed by atoms with Gasteiger partial charge in [-0.25, -0.2) is 0 Å². The van der Waals surface area contributed by atoms with Crippen LogP contribution >= 0.6 is 0 Å². The van der Waals surface area contributed by atoms with E-state index in [1.165, 1.54) is 0 Å². The minimum Gasteiger partial charge on any atom is -0.481 e. The molecule has 23 heavy (non-hydrogen) atoms. The van der Waals surface area contributed by atoms with Crippen molar-refractivity contribution in [1.82, 2.24) is 4.90 Å². The number of carboxylic acids is 1. The van der Waals surface area contributed by atoms with E-state index in [4.69, 9.17) is 20.3 Å². The number of carbonyl (C=O) groups is 3. The molecule has 2 atom stereocenters. The lowest BCUT2D eigenvalue weighted by Gasteiger charge is -2.27. The lowest BCUT2D eigenvalue weighted by molar-refractivity contribution is -0.151. The molecule has 8 nitrogen and oxygen atoms in total. The van der Waals surface area contributed by atoms with Crippen molar-refractivity contribution in [3.63, 3.8) is 0 Å². The molecule has 1 amide bonds. The van der Waals surface area contributed by atoms with Gasteiger partial charge in [0, 0.05) is 18.0 Å². The van der Waals surface area contributed by atoms with Gasteiger partial charge in [-0.05, 0) is 19.3 Å². The van der Waals surface area contributed by atoms with Crippen molar-refractivity contribution < 1.29 is 29.0 Å². The van der Waals surface area contributed by atoms with Gasteiger partial charge in [0.1, 0.15) is 12.8 Å². The van der Waals surface area contributed by atoms with Crippen molar-refractivity contribution in [3.05, 3.63) is 24.0 Å². The molecule has 0 aliphatic carbocycles. The molecule has 126 valence electrons. The average molecular weight is 324 g/mol. The minimum atomic E-state index is -1.03. The van der Waals surface area contributed by atoms with Gasteiger partial charge in [-0.2, -0.15) is 0 Å². The summed E-state index contributed by atoms with van der Waals surface area (Å²) in [6.07, 6.45) is 6.42. The number of carbonyl (C=O) groups excluding carboxylic acids is 2. The maximum Gasteiger partial charge on any atom is 0.306 e. The molecule has 0 aromatic rings. The molecule has 0 saturated carbocycles. The first-order valence-corrected chi connectivity index (χ1v) is 7.43. The molecule has 1 saturated heterocycles. The molecule has 0 aromatic heterocycles. The van der Waals surface area contributed by atoms with E-state index >= 15 is 0 Å². The Bertz CT molecular complexity index is 542. The van der Waals surface area contributed by atoms with Crippen LogP contribution in [-0.2, 0) is 23.9 Å². The van der Waals surface area contributed by atoms with E-state index < -0.39 is 17.8 Å². The maximum absolute atomic E-state index is 11.4. The van der Waals surface area contributed by atoms with Crippen molar-refractivity contribution in [2.45, 2.75) is 44.4 Å². The van der Waals surface area contributed by atoms with Crippen molar-refractivity contribution in [2.75, 3.05) is 6.61 Å². The van der Waals surface area contributed by atoms with Gasteiger partial charge >= 0.3 is 11.9 Å². The Morgan fingerprint density at radius 3 is 2.83 bits per heavy atom. The fraction of sp³-hybridized carbons (Fsp3) is 0.533. The second kappa shape index (κ2) is 7.77. The molecule has 0 spiro atoms. The Kier molecular flexibility index (Phi) is 5.75. The maximum atomic E-state index is 11.4. The number of aliphatic carboxylic acids is 1. The quantitative estimate of drug-likeness (QED) is 0.654. The van der Waals surface area contributed by atoms with E-state index in [1.807, 2.05) is 12.3 Å². The van der Waals surface area contributed by atoms with Crippen LogP contribution in [0, 0.1) is 0 Å². The summed E-state index contributed by atoms with van der Waals surface area (Å²) >= 11 is 0. The average Bonchev–Trinajstić information content (AvgIpc) is 3.00. The van der Waals surface area contributed by atoms with E-state index in [2.05, 4.69) is 0 Å². The number of esters is 1. The monoisotopic (exact) mass is 324 g/mol. The number of amides is 1. The lowest BCUT2D eigenvalue weighted by atomic mass is 10.1. The molecular formula is C15H20N2O6. The molecule has 8 heteroatoms. The van der Waals surface area contributed by atoms with Crippen molar-refractivity contribution in [2.24, 2.45) is 5.73 Å². The van der Waals surface area contributed by atoms with Gasteiger partial charge in [-0.3, -0.25) is 14.4 Å². The zero-order chi connectivity index (χ0) is 16.8. The van der Waals surface area contributed by atoms with Gasteiger partial charge < -0.3 is 25.2 Å². The van der Waals surface area contributed by atoms with Gasteiger partial charge in [-0.1, -0.05) is 6.08 Å². The Morgan fingerprint density at radius 2 is 2.13 bits per heavy atom. The lowest BCUT2D eigenvalue weighted by Crippen LogP contribution is -2.30. The SMILES string of the molecule is NC(=O)C1=CN(C2CCC(COC(=O)CCC(=O)O)O2)C=CC1. The molecule has 1 fully saturated rings. The van der Waals surface area contributed by atoms with E-state index in [1.54, 1.807) is 11.1 Å². The van der Waals surface area contributed by atoms with Crippen LogP contribution in [0.2, 0.25) is 0 Å². The molecule has 0 bridgehead atoms. The number of primary amides is 1. The van der Waals surface area contributed by atoms with Crippen molar-refractivity contribution in [3.8, 4) is 0 Å². The van der Waals surface area contributed by atoms with Crippen molar-refractivity contribution in [1.29, 1.82) is 0 Å². The Labute approximate surface area is 133 Å². The standard InChI is InChI=1S/C15H20N2O6/c16-15(21)10-2-1-7-17(8-10)12-4-3-11(23-12)9-22-14(20)6-5-13(18)19/h1,7-8,11-12H,2-6,9H2,(H2,16,21)(H,18,19). The highest BCUT2D eigenvalue weighted by molar-refractivity contribution is 5.92. The molecule has 0 aromatic carbocycles. The second-order valence-corrected chi connectivity index (χ2v) is 5.42. The minimum absolute atomic E-state index is 0.0961.